The highest BCUT2D eigenvalue weighted by Crippen LogP contribution is 2.49. The molecule has 0 heterocycles. The molecule has 0 fully saturated rings. The second kappa shape index (κ2) is 16.7. The molecule has 0 spiro atoms. The number of halogens is 4. The van der Waals surface area contributed by atoms with Gasteiger partial charge in [-0.1, -0.05) is 109 Å². The molecule has 12 aromatic carbocycles. The molecule has 8 heteroatoms. The van der Waals surface area contributed by atoms with Crippen LogP contribution in [0, 0.1) is 45.9 Å². The van der Waals surface area contributed by atoms with Gasteiger partial charge in [0.1, 0.15) is 23.3 Å². The minimum absolute atomic E-state index is 0.0889. The van der Waals surface area contributed by atoms with Crippen LogP contribution >= 0.6 is 0 Å². The first kappa shape index (κ1) is 41.9. The number of nitrogens with zero attached hydrogens (tertiary/aromatic N) is 4. The number of rotatable bonds is 8. The van der Waals surface area contributed by atoms with E-state index in [1.807, 2.05) is 133 Å². The summed E-state index contributed by atoms with van der Waals surface area (Å²) in [6.45, 7) is 0. The third kappa shape index (κ3) is 6.98. The van der Waals surface area contributed by atoms with Gasteiger partial charge in [0.05, 0.1) is 46.0 Å². The summed E-state index contributed by atoms with van der Waals surface area (Å²) >= 11 is 0. The summed E-state index contributed by atoms with van der Waals surface area (Å²) in [5.74, 6) is -3.01. The van der Waals surface area contributed by atoms with Gasteiger partial charge in [0.2, 0.25) is 0 Å². The Balaban J connectivity index is 1.08. The Morgan fingerprint density at radius 2 is 0.686 bits per heavy atom. The molecule has 12 rings (SSSR count). The maximum absolute atomic E-state index is 16.7. The molecule has 4 nitrogen and oxygen atoms in total. The average molecular weight is 911 g/mol. The van der Waals surface area contributed by atoms with E-state index < -0.39 is 23.3 Å². The zero-order valence-electron chi connectivity index (χ0n) is 36.9. The molecule has 0 aliphatic rings. The molecular formula is C62H34F4N4. The summed E-state index contributed by atoms with van der Waals surface area (Å²) < 4.78 is 65.6. The zero-order chi connectivity index (χ0) is 47.6. The van der Waals surface area contributed by atoms with E-state index in [9.17, 15) is 10.5 Å². The third-order valence-electron chi connectivity index (χ3n) is 13.3. The Kier molecular flexibility index (Phi) is 9.98. The van der Waals surface area contributed by atoms with Gasteiger partial charge in [-0.25, -0.2) is 17.6 Å². The standard InChI is InChI=1S/C62H34F4N4/c63-53-33-55(65)59(31-51(53)45-15-13-39-5-1-3-7-43(39)29-45)69(47-21-9-37(35-67)10-22-47)57-27-19-41-18-26-50-58(28-20-42-17-25-49(57)61(41)62(42)50)70(48-23-11-38(36-68)12-24-48)60-32-52(54(64)34-56(60)66)46-16-14-40-6-2-4-8-44(40)30-46/h1-34H. The van der Waals surface area contributed by atoms with Crippen LogP contribution in [0.1, 0.15) is 11.1 Å². The van der Waals surface area contributed by atoms with Crippen molar-refractivity contribution in [3.63, 3.8) is 0 Å². The van der Waals surface area contributed by atoms with Crippen molar-refractivity contribution in [3.05, 3.63) is 241 Å². The zero-order valence-corrected chi connectivity index (χ0v) is 36.9. The molecule has 0 aliphatic heterocycles. The molecule has 330 valence electrons. The van der Waals surface area contributed by atoms with E-state index >= 15 is 17.6 Å². The Labute approximate surface area is 399 Å². The van der Waals surface area contributed by atoms with Crippen molar-refractivity contribution < 1.29 is 17.6 Å². The van der Waals surface area contributed by atoms with Crippen molar-refractivity contribution in [2.24, 2.45) is 0 Å². The third-order valence-corrected chi connectivity index (χ3v) is 13.3. The summed E-state index contributed by atoms with van der Waals surface area (Å²) in [5.41, 5.74) is 4.82. The highest BCUT2D eigenvalue weighted by Gasteiger charge is 2.26. The lowest BCUT2D eigenvalue weighted by Gasteiger charge is -2.30. The van der Waals surface area contributed by atoms with Gasteiger partial charge in [-0.3, -0.25) is 0 Å². The second-order valence-corrected chi connectivity index (χ2v) is 17.3. The number of benzene rings is 12. The maximum atomic E-state index is 16.7. The van der Waals surface area contributed by atoms with Crippen molar-refractivity contribution in [2.75, 3.05) is 9.80 Å². The van der Waals surface area contributed by atoms with E-state index in [1.165, 1.54) is 12.1 Å². The van der Waals surface area contributed by atoms with Crippen LogP contribution in [0.5, 0.6) is 0 Å². The van der Waals surface area contributed by atoms with Crippen LogP contribution < -0.4 is 9.80 Å². The predicted molar refractivity (Wildman–Crippen MR) is 275 cm³/mol. The summed E-state index contributed by atoms with van der Waals surface area (Å²) in [5, 5.41) is 28.2. The SMILES string of the molecule is N#Cc1ccc(N(c2cc(-c3ccc4ccccc4c3)c(F)cc2F)c2ccc3ccc4c(N(c5ccc(C#N)cc5)c5cc(-c6ccc7ccccc7c6)c(F)cc5F)ccc5ccc2c3c54)cc1. The fourth-order valence-corrected chi connectivity index (χ4v) is 9.92. The van der Waals surface area contributed by atoms with Crippen LogP contribution in [0.15, 0.2) is 206 Å². The van der Waals surface area contributed by atoms with E-state index in [2.05, 4.69) is 12.1 Å². The first-order valence-electron chi connectivity index (χ1n) is 22.5. The van der Waals surface area contributed by atoms with Crippen molar-refractivity contribution in [3.8, 4) is 34.4 Å². The lowest BCUT2D eigenvalue weighted by molar-refractivity contribution is 0.586. The van der Waals surface area contributed by atoms with E-state index in [0.717, 1.165) is 66.0 Å². The molecule has 12 aromatic rings. The first-order valence-corrected chi connectivity index (χ1v) is 22.5. The minimum Gasteiger partial charge on any atom is -0.307 e. The van der Waals surface area contributed by atoms with Crippen molar-refractivity contribution in [2.45, 2.75) is 0 Å². The minimum atomic E-state index is -0.790. The summed E-state index contributed by atoms with van der Waals surface area (Å²) in [7, 11) is 0. The molecular weight excluding hydrogens is 877 g/mol. The van der Waals surface area contributed by atoms with Gasteiger partial charge in [-0.05, 0) is 139 Å². The normalized spacial score (nSPS) is 11.4. The topological polar surface area (TPSA) is 54.1 Å². The van der Waals surface area contributed by atoms with Crippen LogP contribution in [-0.2, 0) is 0 Å². The Hall–Kier alpha value is -9.50. The summed E-state index contributed by atoms with van der Waals surface area (Å²) in [6.07, 6.45) is 0. The molecule has 0 bridgehead atoms. The number of nitriles is 2. The highest BCUT2D eigenvalue weighted by atomic mass is 19.1. The first-order chi connectivity index (χ1) is 34.2. The van der Waals surface area contributed by atoms with Crippen LogP contribution in [0.4, 0.5) is 51.7 Å². The van der Waals surface area contributed by atoms with Crippen molar-refractivity contribution in [1.29, 1.82) is 10.5 Å². The van der Waals surface area contributed by atoms with Crippen LogP contribution in [-0.4, -0.2) is 0 Å². The van der Waals surface area contributed by atoms with Crippen LogP contribution in [0.2, 0.25) is 0 Å². The number of anilines is 6. The molecule has 0 radical (unpaired) electrons. The maximum Gasteiger partial charge on any atom is 0.150 e. The molecule has 0 amide bonds. The molecule has 0 aliphatic carbocycles. The quantitative estimate of drug-likeness (QED) is 0.113. The molecule has 0 N–H and O–H groups in total. The fourth-order valence-electron chi connectivity index (χ4n) is 9.92. The van der Waals surface area contributed by atoms with E-state index in [4.69, 9.17) is 0 Å². The molecule has 0 unspecified atom stereocenters. The molecule has 70 heavy (non-hydrogen) atoms. The van der Waals surface area contributed by atoms with E-state index in [1.54, 1.807) is 58.3 Å². The van der Waals surface area contributed by atoms with Gasteiger partial charge in [0.25, 0.3) is 0 Å². The molecule has 0 atom stereocenters. The fraction of sp³-hybridized carbons (Fsp3) is 0. The van der Waals surface area contributed by atoms with Crippen molar-refractivity contribution in [1.82, 2.24) is 0 Å². The number of hydrogen-bond acceptors (Lipinski definition) is 4. The lowest BCUT2D eigenvalue weighted by Crippen LogP contribution is -2.14. The summed E-state index contributed by atoms with van der Waals surface area (Å²) in [6, 6.07) is 65.3. The highest BCUT2D eigenvalue weighted by molar-refractivity contribution is 6.28. The van der Waals surface area contributed by atoms with Crippen LogP contribution in [0.3, 0.4) is 0 Å². The lowest BCUT2D eigenvalue weighted by atomic mass is 9.91. The number of hydrogen-bond donors (Lipinski definition) is 0. The largest absolute Gasteiger partial charge is 0.307 e. The Morgan fingerprint density at radius 3 is 1.09 bits per heavy atom. The van der Waals surface area contributed by atoms with E-state index in [-0.39, 0.29) is 22.5 Å². The second-order valence-electron chi connectivity index (χ2n) is 17.3. The molecule has 0 saturated heterocycles. The van der Waals surface area contributed by atoms with E-state index in [0.29, 0.717) is 45.0 Å². The smallest absolute Gasteiger partial charge is 0.150 e. The average Bonchev–Trinajstić information content (AvgIpc) is 3.40. The van der Waals surface area contributed by atoms with Gasteiger partial charge >= 0.3 is 0 Å². The predicted octanol–water partition coefficient (Wildman–Crippen LogP) is 17.5. The Bertz CT molecular complexity index is 3880. The molecule has 0 aromatic heterocycles. The van der Waals surface area contributed by atoms with Gasteiger partial charge in [-0.15, -0.1) is 0 Å². The van der Waals surface area contributed by atoms with Gasteiger partial charge in [0, 0.05) is 45.4 Å². The van der Waals surface area contributed by atoms with Gasteiger partial charge in [0.15, 0.2) is 0 Å². The molecule has 0 saturated carbocycles. The number of fused-ring (bicyclic) bond motifs is 2. The summed E-state index contributed by atoms with van der Waals surface area (Å²) in [4.78, 5) is 3.50. The monoisotopic (exact) mass is 910 g/mol. The Morgan fingerprint density at radius 1 is 0.314 bits per heavy atom. The van der Waals surface area contributed by atoms with Gasteiger partial charge < -0.3 is 9.80 Å². The van der Waals surface area contributed by atoms with Gasteiger partial charge in [-0.2, -0.15) is 10.5 Å². The van der Waals surface area contributed by atoms with Crippen LogP contribution in [0.25, 0.3) is 76.1 Å². The van der Waals surface area contributed by atoms with Crippen molar-refractivity contribution >= 4 is 88.0 Å².